The van der Waals surface area contributed by atoms with Crippen LogP contribution in [0.4, 0.5) is 5.82 Å². The van der Waals surface area contributed by atoms with Crippen LogP contribution in [0.3, 0.4) is 0 Å². The molecule has 0 bridgehead atoms. The van der Waals surface area contributed by atoms with Crippen molar-refractivity contribution in [3.05, 3.63) is 42.2 Å². The molecule has 2 aromatic heterocycles. The Labute approximate surface area is 164 Å². The lowest BCUT2D eigenvalue weighted by atomic mass is 9.99. The van der Waals surface area contributed by atoms with Gasteiger partial charge in [-0.3, -0.25) is 9.59 Å². The monoisotopic (exact) mass is 383 g/mol. The molecule has 0 atom stereocenters. The summed E-state index contributed by atoms with van der Waals surface area (Å²) >= 11 is 0. The van der Waals surface area contributed by atoms with Gasteiger partial charge in [0.2, 0.25) is 0 Å². The Morgan fingerprint density at radius 2 is 1.68 bits per heavy atom. The Hall–Kier alpha value is -2.90. The minimum Gasteiger partial charge on any atom is -0.459 e. The van der Waals surface area contributed by atoms with Gasteiger partial charge in [0.05, 0.1) is 6.26 Å². The molecular formula is C20H25N5O3. The van der Waals surface area contributed by atoms with E-state index in [1.807, 2.05) is 0 Å². The minimum atomic E-state index is -0.138. The number of furan rings is 1. The van der Waals surface area contributed by atoms with E-state index in [4.69, 9.17) is 4.42 Å². The van der Waals surface area contributed by atoms with Crippen LogP contribution >= 0.6 is 0 Å². The predicted molar refractivity (Wildman–Crippen MR) is 103 cm³/mol. The third-order valence-corrected chi connectivity index (χ3v) is 5.57. The van der Waals surface area contributed by atoms with Crippen molar-refractivity contribution < 1.29 is 14.0 Å². The first-order valence-corrected chi connectivity index (χ1v) is 9.81. The normalized spacial score (nSPS) is 18.4. The van der Waals surface area contributed by atoms with Gasteiger partial charge in [-0.25, -0.2) is 9.97 Å². The van der Waals surface area contributed by atoms with Crippen LogP contribution in [0.1, 0.15) is 40.8 Å². The Morgan fingerprint density at radius 3 is 2.32 bits per heavy atom. The summed E-state index contributed by atoms with van der Waals surface area (Å²) in [6.07, 6.45) is 5.23. The van der Waals surface area contributed by atoms with Gasteiger partial charge in [-0.15, -0.1) is 0 Å². The fourth-order valence-electron chi connectivity index (χ4n) is 3.71. The number of hydrogen-bond acceptors (Lipinski definition) is 6. The zero-order chi connectivity index (χ0) is 19.5. The molecule has 0 N–H and O–H groups in total. The van der Waals surface area contributed by atoms with Gasteiger partial charge in [0.1, 0.15) is 17.8 Å². The van der Waals surface area contributed by atoms with E-state index in [0.717, 1.165) is 37.7 Å². The molecule has 8 heteroatoms. The van der Waals surface area contributed by atoms with E-state index in [2.05, 4.69) is 21.8 Å². The number of rotatable bonds is 3. The lowest BCUT2D eigenvalue weighted by Crippen LogP contribution is -2.50. The fraction of sp³-hybridized carbons (Fsp3) is 0.500. The van der Waals surface area contributed by atoms with E-state index >= 15 is 0 Å². The van der Waals surface area contributed by atoms with Gasteiger partial charge >= 0.3 is 0 Å². The summed E-state index contributed by atoms with van der Waals surface area (Å²) in [6, 6.07) is 5.14. The molecule has 0 saturated carbocycles. The summed E-state index contributed by atoms with van der Waals surface area (Å²) in [5.74, 6) is 1.63. The Morgan fingerprint density at radius 1 is 1.00 bits per heavy atom. The molecule has 148 valence electrons. The number of piperidine rings is 1. The average molecular weight is 383 g/mol. The van der Waals surface area contributed by atoms with Crippen molar-refractivity contribution in [3.8, 4) is 0 Å². The van der Waals surface area contributed by atoms with E-state index in [-0.39, 0.29) is 11.8 Å². The van der Waals surface area contributed by atoms with Gasteiger partial charge < -0.3 is 19.1 Å². The first kappa shape index (κ1) is 18.5. The van der Waals surface area contributed by atoms with Crippen LogP contribution in [0.5, 0.6) is 0 Å². The molecule has 4 heterocycles. The molecule has 2 aliphatic rings. The zero-order valence-electron chi connectivity index (χ0n) is 16.1. The second-order valence-electron chi connectivity index (χ2n) is 7.49. The predicted octanol–water partition coefficient (Wildman–Crippen LogP) is 1.90. The summed E-state index contributed by atoms with van der Waals surface area (Å²) in [5, 5.41) is 0. The standard InChI is InChI=1S/C20H25N5O3/c1-15-4-6-23(7-5-15)18-13-16(21-14-22-18)19(26)24-8-10-25(11-9-24)20(27)17-3-2-12-28-17/h2-3,12-15H,4-11H2,1H3. The maximum Gasteiger partial charge on any atom is 0.289 e. The molecule has 28 heavy (non-hydrogen) atoms. The SMILES string of the molecule is CC1CCN(c2cc(C(=O)N3CCN(C(=O)c4ccco4)CC3)ncn2)CC1. The molecule has 2 saturated heterocycles. The number of amides is 2. The largest absolute Gasteiger partial charge is 0.459 e. The molecular weight excluding hydrogens is 358 g/mol. The van der Waals surface area contributed by atoms with Crippen LogP contribution in [0, 0.1) is 5.92 Å². The number of carbonyl (C=O) groups excluding carboxylic acids is 2. The summed E-state index contributed by atoms with van der Waals surface area (Å²) in [5.41, 5.74) is 0.412. The van der Waals surface area contributed by atoms with Crippen molar-refractivity contribution in [2.75, 3.05) is 44.2 Å². The third kappa shape index (κ3) is 3.85. The number of nitrogens with zero attached hydrogens (tertiary/aromatic N) is 5. The first-order chi connectivity index (χ1) is 13.6. The van der Waals surface area contributed by atoms with Crippen LogP contribution in [0.25, 0.3) is 0 Å². The minimum absolute atomic E-state index is 0.112. The molecule has 0 aliphatic carbocycles. The quantitative estimate of drug-likeness (QED) is 0.805. The molecule has 4 rings (SSSR count). The summed E-state index contributed by atoms with van der Waals surface area (Å²) in [7, 11) is 0. The molecule has 2 aromatic rings. The van der Waals surface area contributed by atoms with Gasteiger partial charge in [-0.05, 0) is 30.9 Å². The van der Waals surface area contributed by atoms with Gasteiger partial charge in [0.25, 0.3) is 11.8 Å². The smallest absolute Gasteiger partial charge is 0.289 e. The maximum atomic E-state index is 12.9. The maximum absolute atomic E-state index is 12.9. The molecule has 0 unspecified atom stereocenters. The van der Waals surface area contributed by atoms with E-state index in [1.54, 1.807) is 28.0 Å². The highest BCUT2D eigenvalue weighted by Gasteiger charge is 2.27. The summed E-state index contributed by atoms with van der Waals surface area (Å²) < 4.78 is 5.18. The van der Waals surface area contributed by atoms with Crippen molar-refractivity contribution in [1.29, 1.82) is 0 Å². The van der Waals surface area contributed by atoms with Gasteiger partial charge in [0, 0.05) is 45.3 Å². The average Bonchev–Trinajstić information content (AvgIpc) is 3.28. The number of aromatic nitrogens is 2. The van der Waals surface area contributed by atoms with Gasteiger partial charge in [-0.2, -0.15) is 0 Å². The highest BCUT2D eigenvalue weighted by atomic mass is 16.3. The highest BCUT2D eigenvalue weighted by Crippen LogP contribution is 2.22. The number of hydrogen-bond donors (Lipinski definition) is 0. The van der Waals surface area contributed by atoms with Crippen molar-refractivity contribution >= 4 is 17.6 Å². The van der Waals surface area contributed by atoms with Gasteiger partial charge in [0.15, 0.2) is 5.76 Å². The van der Waals surface area contributed by atoms with E-state index in [1.165, 1.54) is 12.6 Å². The van der Waals surface area contributed by atoms with Crippen molar-refractivity contribution in [3.63, 3.8) is 0 Å². The molecule has 2 aliphatic heterocycles. The fourth-order valence-corrected chi connectivity index (χ4v) is 3.71. The molecule has 8 nitrogen and oxygen atoms in total. The van der Waals surface area contributed by atoms with Crippen molar-refractivity contribution in [2.24, 2.45) is 5.92 Å². The van der Waals surface area contributed by atoms with Crippen LogP contribution in [0.15, 0.2) is 35.2 Å². The second kappa shape index (κ2) is 8.00. The number of piperazine rings is 1. The number of anilines is 1. The lowest BCUT2D eigenvalue weighted by Gasteiger charge is -2.34. The van der Waals surface area contributed by atoms with Crippen LogP contribution < -0.4 is 4.90 Å². The number of carbonyl (C=O) groups is 2. The summed E-state index contributed by atoms with van der Waals surface area (Å²) in [4.78, 5) is 39.5. The Bertz CT molecular complexity index is 822. The van der Waals surface area contributed by atoms with Crippen molar-refractivity contribution in [2.45, 2.75) is 19.8 Å². The van der Waals surface area contributed by atoms with Crippen molar-refractivity contribution in [1.82, 2.24) is 19.8 Å². The molecule has 0 spiro atoms. The van der Waals surface area contributed by atoms with E-state index in [9.17, 15) is 9.59 Å². The first-order valence-electron chi connectivity index (χ1n) is 9.81. The van der Waals surface area contributed by atoms with E-state index < -0.39 is 0 Å². The second-order valence-corrected chi connectivity index (χ2v) is 7.49. The topological polar surface area (TPSA) is 82.8 Å². The Balaban J connectivity index is 1.37. The van der Waals surface area contributed by atoms with Gasteiger partial charge in [-0.1, -0.05) is 6.92 Å². The van der Waals surface area contributed by atoms with E-state index in [0.29, 0.717) is 37.6 Å². The Kier molecular flexibility index (Phi) is 5.27. The molecule has 0 aromatic carbocycles. The molecule has 2 amide bonds. The van der Waals surface area contributed by atoms with Crippen LogP contribution in [-0.4, -0.2) is 70.9 Å². The third-order valence-electron chi connectivity index (χ3n) is 5.57. The van der Waals surface area contributed by atoms with Crippen LogP contribution in [-0.2, 0) is 0 Å². The molecule has 0 radical (unpaired) electrons. The van der Waals surface area contributed by atoms with Crippen LogP contribution in [0.2, 0.25) is 0 Å². The molecule has 2 fully saturated rings. The zero-order valence-corrected chi connectivity index (χ0v) is 16.1. The highest BCUT2D eigenvalue weighted by molar-refractivity contribution is 5.94. The summed E-state index contributed by atoms with van der Waals surface area (Å²) in [6.45, 7) is 6.10. The lowest BCUT2D eigenvalue weighted by molar-refractivity contribution is 0.0515.